The van der Waals surface area contributed by atoms with Gasteiger partial charge in [-0.2, -0.15) is 0 Å². The first kappa shape index (κ1) is 21.5. The van der Waals surface area contributed by atoms with E-state index in [0.717, 1.165) is 38.8 Å². The molecule has 0 aromatic heterocycles. The van der Waals surface area contributed by atoms with Crippen molar-refractivity contribution in [1.82, 2.24) is 5.32 Å². The summed E-state index contributed by atoms with van der Waals surface area (Å²) in [6, 6.07) is 0. The Morgan fingerprint density at radius 3 is 1.79 bits per heavy atom. The van der Waals surface area contributed by atoms with Crippen LogP contribution < -0.4 is 5.32 Å². The van der Waals surface area contributed by atoms with Crippen LogP contribution in [0, 0.1) is 11.8 Å². The van der Waals surface area contributed by atoms with Gasteiger partial charge in [-0.1, -0.05) is 84.0 Å². The molecule has 3 nitrogen and oxygen atoms in total. The highest BCUT2D eigenvalue weighted by Gasteiger charge is 2.28. The molecule has 0 amide bonds. The average Bonchev–Trinajstić information content (AvgIpc) is 2.59. The van der Waals surface area contributed by atoms with Crippen LogP contribution in [-0.2, 0) is 4.79 Å². The van der Waals surface area contributed by atoms with Gasteiger partial charge in [0.25, 0.3) is 0 Å². The number of carbonyl (C=O) groups is 1. The average molecular weight is 340 g/mol. The quantitative estimate of drug-likeness (QED) is 0.372. The maximum atomic E-state index is 11.5. The molecule has 1 atom stereocenters. The van der Waals surface area contributed by atoms with E-state index in [4.69, 9.17) is 0 Å². The van der Waals surface area contributed by atoms with E-state index in [-0.39, 0.29) is 5.92 Å². The molecular formula is C21H41NO2. The Balaban J connectivity index is 1.93. The van der Waals surface area contributed by atoms with Crippen LogP contribution in [0.1, 0.15) is 103 Å². The molecule has 0 spiro atoms. The molecule has 0 radical (unpaired) electrons. The summed E-state index contributed by atoms with van der Waals surface area (Å²) in [7, 11) is 0. The Kier molecular flexibility index (Phi) is 13.2. The first-order valence-corrected chi connectivity index (χ1v) is 10.7. The zero-order valence-corrected chi connectivity index (χ0v) is 16.0. The maximum absolute atomic E-state index is 11.5. The van der Waals surface area contributed by atoms with Crippen LogP contribution in [-0.4, -0.2) is 24.2 Å². The number of rotatable bonds is 15. The fraction of sp³-hybridized carbons (Fsp3) is 0.952. The number of hydrogen-bond donors (Lipinski definition) is 2. The number of aliphatic carboxylic acids is 1. The van der Waals surface area contributed by atoms with E-state index < -0.39 is 5.97 Å². The van der Waals surface area contributed by atoms with E-state index in [1.165, 1.54) is 70.6 Å². The van der Waals surface area contributed by atoms with E-state index in [2.05, 4.69) is 12.2 Å². The van der Waals surface area contributed by atoms with Crippen LogP contribution in [0.5, 0.6) is 0 Å². The van der Waals surface area contributed by atoms with Crippen molar-refractivity contribution < 1.29 is 9.90 Å². The molecule has 0 bridgehead atoms. The molecule has 1 unspecified atom stereocenters. The Morgan fingerprint density at radius 2 is 1.33 bits per heavy atom. The van der Waals surface area contributed by atoms with E-state index >= 15 is 0 Å². The van der Waals surface area contributed by atoms with Crippen LogP contribution in [0.3, 0.4) is 0 Å². The molecule has 0 saturated carbocycles. The molecule has 3 heteroatoms. The molecule has 0 aromatic carbocycles. The molecule has 2 N–H and O–H groups in total. The van der Waals surface area contributed by atoms with E-state index in [0.29, 0.717) is 5.92 Å². The molecule has 1 aliphatic heterocycles. The van der Waals surface area contributed by atoms with E-state index in [9.17, 15) is 9.90 Å². The highest BCUT2D eigenvalue weighted by atomic mass is 16.4. The van der Waals surface area contributed by atoms with Crippen molar-refractivity contribution in [2.45, 2.75) is 103 Å². The topological polar surface area (TPSA) is 49.3 Å². The largest absolute Gasteiger partial charge is 0.481 e. The third-order valence-corrected chi connectivity index (χ3v) is 5.64. The summed E-state index contributed by atoms with van der Waals surface area (Å²) in [6.07, 6.45) is 19.0. The van der Waals surface area contributed by atoms with Gasteiger partial charge >= 0.3 is 5.97 Å². The monoisotopic (exact) mass is 339 g/mol. The highest BCUT2D eigenvalue weighted by Crippen LogP contribution is 2.27. The van der Waals surface area contributed by atoms with Gasteiger partial charge in [-0.25, -0.2) is 0 Å². The third kappa shape index (κ3) is 10.3. The number of carboxylic acids is 1. The Morgan fingerprint density at radius 1 is 0.875 bits per heavy atom. The van der Waals surface area contributed by atoms with Gasteiger partial charge in [0.2, 0.25) is 0 Å². The predicted molar refractivity (Wildman–Crippen MR) is 102 cm³/mol. The second-order valence-electron chi connectivity index (χ2n) is 7.71. The van der Waals surface area contributed by atoms with Gasteiger partial charge in [0, 0.05) is 0 Å². The molecule has 1 saturated heterocycles. The lowest BCUT2D eigenvalue weighted by atomic mass is 9.81. The lowest BCUT2D eigenvalue weighted by molar-refractivity contribution is -0.144. The Hall–Kier alpha value is -0.570. The smallest absolute Gasteiger partial charge is 0.306 e. The first-order chi connectivity index (χ1) is 11.8. The fourth-order valence-electron chi connectivity index (χ4n) is 4.01. The van der Waals surface area contributed by atoms with Gasteiger partial charge in [-0.3, -0.25) is 4.79 Å². The first-order valence-electron chi connectivity index (χ1n) is 10.7. The summed E-state index contributed by atoms with van der Waals surface area (Å²) in [4.78, 5) is 11.5. The zero-order chi connectivity index (χ0) is 17.5. The lowest BCUT2D eigenvalue weighted by Crippen LogP contribution is -2.34. The number of nitrogens with one attached hydrogen (secondary N) is 1. The summed E-state index contributed by atoms with van der Waals surface area (Å²) in [6.45, 7) is 4.25. The molecule has 1 fully saturated rings. The van der Waals surface area contributed by atoms with E-state index in [1.54, 1.807) is 0 Å². The normalized spacial score (nSPS) is 17.0. The summed E-state index contributed by atoms with van der Waals surface area (Å²) in [5.41, 5.74) is 0. The molecule has 1 rings (SSSR count). The Labute approximate surface area is 150 Å². The van der Waals surface area contributed by atoms with Gasteiger partial charge in [0.15, 0.2) is 0 Å². The molecule has 0 aromatic rings. The zero-order valence-electron chi connectivity index (χ0n) is 16.0. The minimum absolute atomic E-state index is 0.102. The number of carboxylic acid groups (broad SMARTS) is 1. The van der Waals surface area contributed by atoms with Crippen molar-refractivity contribution in [1.29, 1.82) is 0 Å². The van der Waals surface area contributed by atoms with Crippen molar-refractivity contribution in [3.05, 3.63) is 0 Å². The lowest BCUT2D eigenvalue weighted by Gasteiger charge is -2.28. The minimum atomic E-state index is -0.565. The summed E-state index contributed by atoms with van der Waals surface area (Å²) in [5, 5.41) is 12.8. The fourth-order valence-corrected chi connectivity index (χ4v) is 4.01. The van der Waals surface area contributed by atoms with Crippen molar-refractivity contribution in [2.75, 3.05) is 13.1 Å². The molecule has 0 aliphatic carbocycles. The van der Waals surface area contributed by atoms with Crippen molar-refractivity contribution in [3.8, 4) is 0 Å². The van der Waals surface area contributed by atoms with Crippen LogP contribution in [0.25, 0.3) is 0 Å². The minimum Gasteiger partial charge on any atom is -0.481 e. The SMILES string of the molecule is CCCCCCCCCCCCCCC(C(=O)O)C1CCNCC1. The number of unbranched alkanes of at least 4 members (excludes halogenated alkanes) is 11. The maximum Gasteiger partial charge on any atom is 0.306 e. The highest BCUT2D eigenvalue weighted by molar-refractivity contribution is 5.70. The summed E-state index contributed by atoms with van der Waals surface area (Å²) in [5.74, 6) is -0.267. The number of hydrogen-bond acceptors (Lipinski definition) is 2. The molecule has 142 valence electrons. The molecule has 24 heavy (non-hydrogen) atoms. The Bertz CT molecular complexity index is 300. The van der Waals surface area contributed by atoms with Gasteiger partial charge < -0.3 is 10.4 Å². The second kappa shape index (κ2) is 14.7. The van der Waals surface area contributed by atoms with Gasteiger partial charge in [0.05, 0.1) is 5.92 Å². The number of piperidine rings is 1. The van der Waals surface area contributed by atoms with Crippen LogP contribution in [0.2, 0.25) is 0 Å². The van der Waals surface area contributed by atoms with Crippen molar-refractivity contribution in [3.63, 3.8) is 0 Å². The van der Waals surface area contributed by atoms with Gasteiger partial charge in [0.1, 0.15) is 0 Å². The second-order valence-corrected chi connectivity index (χ2v) is 7.71. The van der Waals surface area contributed by atoms with Gasteiger partial charge in [-0.05, 0) is 38.3 Å². The van der Waals surface area contributed by atoms with Crippen molar-refractivity contribution >= 4 is 5.97 Å². The van der Waals surface area contributed by atoms with Crippen LogP contribution in [0.15, 0.2) is 0 Å². The summed E-state index contributed by atoms with van der Waals surface area (Å²) < 4.78 is 0. The summed E-state index contributed by atoms with van der Waals surface area (Å²) >= 11 is 0. The molecular weight excluding hydrogens is 298 g/mol. The molecule has 1 heterocycles. The van der Waals surface area contributed by atoms with Crippen molar-refractivity contribution in [2.24, 2.45) is 11.8 Å². The molecule has 1 aliphatic rings. The third-order valence-electron chi connectivity index (χ3n) is 5.64. The van der Waals surface area contributed by atoms with Gasteiger partial charge in [-0.15, -0.1) is 0 Å². The van der Waals surface area contributed by atoms with Crippen LogP contribution in [0.4, 0.5) is 0 Å². The van der Waals surface area contributed by atoms with Crippen LogP contribution >= 0.6 is 0 Å². The predicted octanol–water partition coefficient (Wildman–Crippen LogP) is 5.78. The standard InChI is InChI=1S/C21H41NO2/c1-2-3-4-5-6-7-8-9-10-11-12-13-14-20(21(23)24)19-15-17-22-18-16-19/h19-20,22H,2-18H2,1H3,(H,23,24). The van der Waals surface area contributed by atoms with E-state index in [1.807, 2.05) is 0 Å².